The van der Waals surface area contributed by atoms with Crippen LogP contribution >= 0.6 is 7.75 Å². The third kappa shape index (κ3) is 4.95. The van der Waals surface area contributed by atoms with Crippen LogP contribution in [0.25, 0.3) is 0 Å². The first kappa shape index (κ1) is 24.2. The first-order valence-corrected chi connectivity index (χ1v) is 11.6. The Morgan fingerprint density at radius 2 is 1.97 bits per heavy atom. The molecule has 2 aliphatic heterocycles. The number of benzene rings is 1. The standard InChI is InChI=1S/C19H20F2N3O9P/c20-19(21)15(26)13(32-17(19)24-8-6-14(25)22-18(24)28)10-31-34(29,23-12-7-9-30-16(12)27)33-11-4-2-1-3-5-11/h1-6,8,12-13,15,17,26H,7,9-10H2,(H,23,29)(H,22,25,28). The van der Waals surface area contributed by atoms with Crippen LogP contribution in [0.2, 0.25) is 0 Å². The third-order valence-electron chi connectivity index (χ3n) is 5.11. The topological polar surface area (TPSA) is 158 Å². The number of ether oxygens (including phenoxy) is 2. The molecular formula is C19H20F2N3O9P. The van der Waals surface area contributed by atoms with Crippen LogP contribution in [-0.4, -0.2) is 58.0 Å². The number of aliphatic hydroxyl groups is 1. The summed E-state index contributed by atoms with van der Waals surface area (Å²) >= 11 is 0. The molecule has 5 unspecified atom stereocenters. The number of para-hydroxylation sites is 1. The molecule has 0 spiro atoms. The SMILES string of the molecule is O=C1OCCC1NP(=O)(OCC1OC(n2ccc(=O)[nH]c2=O)C(F)(F)C1O)Oc1ccccc1. The van der Waals surface area contributed by atoms with E-state index in [9.17, 15) is 32.8 Å². The number of carbonyl (C=O) groups is 1. The van der Waals surface area contributed by atoms with Crippen LogP contribution in [0.15, 0.2) is 52.2 Å². The number of cyclic esters (lactones) is 1. The normalized spacial score (nSPS) is 27.8. The van der Waals surface area contributed by atoms with Gasteiger partial charge >= 0.3 is 25.3 Å². The summed E-state index contributed by atoms with van der Waals surface area (Å²) < 4.78 is 63.8. The van der Waals surface area contributed by atoms with Gasteiger partial charge in [0.05, 0.1) is 13.2 Å². The highest BCUT2D eigenvalue weighted by atomic mass is 31.2. The van der Waals surface area contributed by atoms with Gasteiger partial charge in [0, 0.05) is 18.7 Å². The quantitative estimate of drug-likeness (QED) is 0.343. The number of rotatable bonds is 8. The number of aliphatic hydroxyl groups excluding tert-OH is 1. The summed E-state index contributed by atoms with van der Waals surface area (Å²) in [5.74, 6) is -4.56. The molecule has 3 heterocycles. The maximum Gasteiger partial charge on any atom is 0.459 e. The van der Waals surface area contributed by atoms with Crippen molar-refractivity contribution in [1.29, 1.82) is 0 Å². The number of carbonyl (C=O) groups excluding carboxylic acids is 1. The van der Waals surface area contributed by atoms with Crippen LogP contribution in [-0.2, 0) is 23.4 Å². The van der Waals surface area contributed by atoms with Crippen LogP contribution in [0.4, 0.5) is 8.78 Å². The summed E-state index contributed by atoms with van der Waals surface area (Å²) in [7, 11) is -4.36. The minimum atomic E-state index is -4.36. The zero-order valence-corrected chi connectivity index (χ0v) is 18.2. The average Bonchev–Trinajstić information content (AvgIpc) is 3.28. The lowest BCUT2D eigenvalue weighted by molar-refractivity contribution is -0.141. The van der Waals surface area contributed by atoms with Gasteiger partial charge in [0.1, 0.15) is 17.9 Å². The number of aromatic amines is 1. The van der Waals surface area contributed by atoms with Crippen LogP contribution in [0, 0.1) is 0 Å². The van der Waals surface area contributed by atoms with Gasteiger partial charge in [-0.15, -0.1) is 0 Å². The van der Waals surface area contributed by atoms with Crippen molar-refractivity contribution in [2.45, 2.75) is 36.8 Å². The Balaban J connectivity index is 1.53. The Kier molecular flexibility index (Phi) is 6.69. The molecule has 0 radical (unpaired) electrons. The van der Waals surface area contributed by atoms with Crippen LogP contribution in [0.5, 0.6) is 5.75 Å². The first-order valence-electron chi connectivity index (χ1n) is 10.1. The summed E-state index contributed by atoms with van der Waals surface area (Å²) in [6.07, 6.45) is -5.51. The molecule has 1 aromatic heterocycles. The Hall–Kier alpha value is -2.90. The molecule has 184 valence electrons. The molecule has 15 heteroatoms. The average molecular weight is 503 g/mol. The minimum Gasteiger partial charge on any atom is -0.464 e. The fraction of sp³-hybridized carbons (Fsp3) is 0.421. The third-order valence-corrected chi connectivity index (χ3v) is 6.68. The molecule has 12 nitrogen and oxygen atoms in total. The molecule has 2 saturated heterocycles. The van der Waals surface area contributed by atoms with Crippen molar-refractivity contribution in [2.24, 2.45) is 0 Å². The van der Waals surface area contributed by atoms with E-state index in [0.29, 0.717) is 4.57 Å². The lowest BCUT2D eigenvalue weighted by Gasteiger charge is -2.23. The van der Waals surface area contributed by atoms with E-state index in [0.717, 1.165) is 12.3 Å². The number of hydrogen-bond donors (Lipinski definition) is 3. The van der Waals surface area contributed by atoms with Gasteiger partial charge in [0.2, 0.25) is 6.23 Å². The summed E-state index contributed by atoms with van der Waals surface area (Å²) in [4.78, 5) is 36.8. The first-order chi connectivity index (χ1) is 16.1. The van der Waals surface area contributed by atoms with Gasteiger partial charge in [-0.2, -0.15) is 13.9 Å². The fourth-order valence-electron chi connectivity index (χ4n) is 3.40. The zero-order valence-electron chi connectivity index (χ0n) is 17.3. The van der Waals surface area contributed by atoms with Crippen LogP contribution < -0.4 is 20.9 Å². The number of alkyl halides is 2. The fourth-order valence-corrected chi connectivity index (χ4v) is 4.94. The van der Waals surface area contributed by atoms with Crippen molar-refractivity contribution in [1.82, 2.24) is 14.6 Å². The predicted octanol–water partition coefficient (Wildman–Crippen LogP) is 0.539. The number of nitrogens with one attached hydrogen (secondary N) is 2. The number of esters is 1. The molecule has 0 saturated carbocycles. The summed E-state index contributed by atoms with van der Waals surface area (Å²) in [6.45, 7) is -0.779. The highest BCUT2D eigenvalue weighted by molar-refractivity contribution is 7.52. The Morgan fingerprint density at radius 3 is 2.62 bits per heavy atom. The Labute approximate surface area is 190 Å². The molecule has 4 rings (SSSR count). The molecule has 0 bridgehead atoms. The molecule has 3 N–H and O–H groups in total. The molecule has 2 aliphatic rings. The molecule has 1 aromatic carbocycles. The molecular weight excluding hydrogens is 483 g/mol. The maximum absolute atomic E-state index is 14.7. The van der Waals surface area contributed by atoms with E-state index in [-0.39, 0.29) is 18.8 Å². The van der Waals surface area contributed by atoms with Gasteiger partial charge < -0.3 is 19.1 Å². The van der Waals surface area contributed by atoms with Gasteiger partial charge in [-0.25, -0.2) is 9.36 Å². The summed E-state index contributed by atoms with van der Waals surface area (Å²) in [5, 5.41) is 12.6. The van der Waals surface area contributed by atoms with E-state index in [1.807, 2.05) is 4.98 Å². The number of aromatic nitrogens is 2. The Bertz CT molecular complexity index is 1210. The second-order valence-corrected chi connectivity index (χ2v) is 9.19. The van der Waals surface area contributed by atoms with E-state index in [1.165, 1.54) is 12.1 Å². The molecule has 2 aromatic rings. The monoisotopic (exact) mass is 503 g/mol. The second kappa shape index (κ2) is 9.39. The van der Waals surface area contributed by atoms with E-state index in [2.05, 4.69) is 5.09 Å². The van der Waals surface area contributed by atoms with Crippen molar-refractivity contribution in [2.75, 3.05) is 13.2 Å². The molecule has 5 atom stereocenters. The lowest BCUT2D eigenvalue weighted by atomic mass is 10.1. The van der Waals surface area contributed by atoms with Crippen molar-refractivity contribution in [3.05, 3.63) is 63.4 Å². The number of nitrogens with zero attached hydrogens (tertiary/aromatic N) is 1. The van der Waals surface area contributed by atoms with E-state index in [4.69, 9.17) is 18.5 Å². The highest BCUT2D eigenvalue weighted by Crippen LogP contribution is 2.48. The van der Waals surface area contributed by atoms with Crippen molar-refractivity contribution in [3.63, 3.8) is 0 Å². The maximum atomic E-state index is 14.7. The van der Waals surface area contributed by atoms with E-state index < -0.39 is 62.0 Å². The van der Waals surface area contributed by atoms with Crippen molar-refractivity contribution in [3.8, 4) is 5.75 Å². The van der Waals surface area contributed by atoms with Crippen LogP contribution in [0.1, 0.15) is 12.6 Å². The van der Waals surface area contributed by atoms with E-state index >= 15 is 0 Å². The second-order valence-electron chi connectivity index (χ2n) is 7.50. The molecule has 0 aliphatic carbocycles. The largest absolute Gasteiger partial charge is 0.464 e. The zero-order chi connectivity index (χ0) is 24.5. The van der Waals surface area contributed by atoms with Gasteiger partial charge in [-0.3, -0.25) is 23.7 Å². The van der Waals surface area contributed by atoms with Crippen molar-refractivity contribution < 1.29 is 41.8 Å². The summed E-state index contributed by atoms with van der Waals surface area (Å²) in [6, 6.07) is 7.56. The van der Waals surface area contributed by atoms with Gasteiger partial charge in [0.25, 0.3) is 5.56 Å². The smallest absolute Gasteiger partial charge is 0.459 e. The molecule has 0 amide bonds. The van der Waals surface area contributed by atoms with Crippen LogP contribution in [0.3, 0.4) is 0 Å². The number of H-pyrrole nitrogens is 1. The number of halogens is 2. The van der Waals surface area contributed by atoms with E-state index in [1.54, 1.807) is 18.2 Å². The van der Waals surface area contributed by atoms with Gasteiger partial charge in [0.15, 0.2) is 6.10 Å². The van der Waals surface area contributed by atoms with Crippen molar-refractivity contribution >= 4 is 13.7 Å². The van der Waals surface area contributed by atoms with Gasteiger partial charge in [-0.05, 0) is 12.1 Å². The Morgan fingerprint density at radius 1 is 1.24 bits per heavy atom. The predicted molar refractivity (Wildman–Crippen MR) is 109 cm³/mol. The lowest BCUT2D eigenvalue weighted by Crippen LogP contribution is -2.42. The van der Waals surface area contributed by atoms with Gasteiger partial charge in [-0.1, -0.05) is 18.2 Å². The molecule has 34 heavy (non-hydrogen) atoms. The summed E-state index contributed by atoms with van der Waals surface area (Å²) in [5.41, 5.74) is -1.98. The highest BCUT2D eigenvalue weighted by Gasteiger charge is 2.60. The minimum absolute atomic E-state index is 0.0775. The molecule has 2 fully saturated rings. The number of hydrogen-bond acceptors (Lipinski definition) is 9.